The molecule has 0 fully saturated rings. The average Bonchev–Trinajstić information content (AvgIpc) is 2.32. The summed E-state index contributed by atoms with van der Waals surface area (Å²) in [5, 5.41) is 13.2. The molecule has 1 aromatic carbocycles. The van der Waals surface area contributed by atoms with Crippen molar-refractivity contribution in [3.63, 3.8) is 0 Å². The van der Waals surface area contributed by atoms with Gasteiger partial charge in [-0.1, -0.05) is 29.3 Å². The SMILES string of the molecule is Oc1ccc(CNc2cccnc2Cl)cc1Cl. The normalized spacial score (nSPS) is 10.2. The Labute approximate surface area is 109 Å². The summed E-state index contributed by atoms with van der Waals surface area (Å²) in [5.74, 6) is 0.0785. The van der Waals surface area contributed by atoms with E-state index in [2.05, 4.69) is 10.3 Å². The molecular weight excluding hydrogens is 259 g/mol. The second-order valence-corrected chi connectivity index (χ2v) is 4.25. The number of hydrogen-bond donors (Lipinski definition) is 2. The van der Waals surface area contributed by atoms with Crippen LogP contribution in [-0.4, -0.2) is 10.1 Å². The Hall–Kier alpha value is -1.45. The Morgan fingerprint density at radius 1 is 1.24 bits per heavy atom. The highest BCUT2D eigenvalue weighted by Gasteiger charge is 2.02. The minimum atomic E-state index is 0.0785. The van der Waals surface area contributed by atoms with Crippen LogP contribution in [0.1, 0.15) is 5.56 Å². The van der Waals surface area contributed by atoms with Crippen molar-refractivity contribution in [1.29, 1.82) is 0 Å². The van der Waals surface area contributed by atoms with Gasteiger partial charge >= 0.3 is 0 Å². The van der Waals surface area contributed by atoms with E-state index in [1.165, 1.54) is 0 Å². The third-order valence-electron chi connectivity index (χ3n) is 2.25. The Morgan fingerprint density at radius 3 is 2.76 bits per heavy atom. The second-order valence-electron chi connectivity index (χ2n) is 3.48. The molecular formula is C12H10Cl2N2O. The number of phenolic OH excluding ortho intramolecular Hbond substituents is 1. The molecule has 1 heterocycles. The van der Waals surface area contributed by atoms with Gasteiger partial charge < -0.3 is 10.4 Å². The van der Waals surface area contributed by atoms with Crippen molar-refractivity contribution in [3.05, 3.63) is 52.3 Å². The molecule has 0 atom stereocenters. The van der Waals surface area contributed by atoms with Crippen LogP contribution in [0.5, 0.6) is 5.75 Å². The Morgan fingerprint density at radius 2 is 2.06 bits per heavy atom. The lowest BCUT2D eigenvalue weighted by Crippen LogP contribution is -2.00. The number of anilines is 1. The van der Waals surface area contributed by atoms with Gasteiger partial charge in [0.1, 0.15) is 5.75 Å². The van der Waals surface area contributed by atoms with Crippen molar-refractivity contribution in [3.8, 4) is 5.75 Å². The minimum Gasteiger partial charge on any atom is -0.506 e. The summed E-state index contributed by atoms with van der Waals surface area (Å²) < 4.78 is 0. The first-order valence-corrected chi connectivity index (χ1v) is 5.74. The van der Waals surface area contributed by atoms with Gasteiger partial charge in [-0.25, -0.2) is 4.98 Å². The van der Waals surface area contributed by atoms with Crippen LogP contribution in [0.2, 0.25) is 10.2 Å². The zero-order valence-electron chi connectivity index (χ0n) is 8.82. The van der Waals surface area contributed by atoms with Gasteiger partial charge in [-0.15, -0.1) is 0 Å². The average molecular weight is 269 g/mol. The van der Waals surface area contributed by atoms with Crippen LogP contribution < -0.4 is 5.32 Å². The lowest BCUT2D eigenvalue weighted by atomic mass is 10.2. The summed E-state index contributed by atoms with van der Waals surface area (Å²) in [6.45, 7) is 0.561. The maximum Gasteiger partial charge on any atom is 0.152 e. The van der Waals surface area contributed by atoms with Gasteiger partial charge in [-0.2, -0.15) is 0 Å². The molecule has 0 radical (unpaired) electrons. The summed E-state index contributed by atoms with van der Waals surface area (Å²) in [6.07, 6.45) is 1.63. The van der Waals surface area contributed by atoms with Crippen LogP contribution in [0.4, 0.5) is 5.69 Å². The predicted molar refractivity (Wildman–Crippen MR) is 69.7 cm³/mol. The molecule has 0 aliphatic heterocycles. The summed E-state index contributed by atoms with van der Waals surface area (Å²) in [5.41, 5.74) is 1.71. The molecule has 2 N–H and O–H groups in total. The van der Waals surface area contributed by atoms with Crippen LogP contribution in [0.15, 0.2) is 36.5 Å². The van der Waals surface area contributed by atoms with Gasteiger partial charge in [-0.05, 0) is 29.8 Å². The molecule has 0 amide bonds. The smallest absolute Gasteiger partial charge is 0.152 e. The number of pyridine rings is 1. The fourth-order valence-corrected chi connectivity index (χ4v) is 1.76. The third kappa shape index (κ3) is 3.02. The monoisotopic (exact) mass is 268 g/mol. The van der Waals surface area contributed by atoms with E-state index in [0.717, 1.165) is 11.3 Å². The van der Waals surface area contributed by atoms with Gasteiger partial charge in [0.05, 0.1) is 10.7 Å². The highest BCUT2D eigenvalue weighted by Crippen LogP contribution is 2.24. The second kappa shape index (κ2) is 5.25. The highest BCUT2D eigenvalue weighted by molar-refractivity contribution is 6.32. The molecule has 2 aromatic rings. The van der Waals surface area contributed by atoms with E-state index in [-0.39, 0.29) is 5.75 Å². The fourth-order valence-electron chi connectivity index (χ4n) is 1.38. The number of aromatic hydroxyl groups is 1. The molecule has 17 heavy (non-hydrogen) atoms. The lowest BCUT2D eigenvalue weighted by Gasteiger charge is -2.08. The number of nitrogens with one attached hydrogen (secondary N) is 1. The van der Waals surface area contributed by atoms with E-state index in [0.29, 0.717) is 16.7 Å². The molecule has 88 valence electrons. The number of nitrogens with zero attached hydrogens (tertiary/aromatic N) is 1. The molecule has 0 aliphatic rings. The number of halogens is 2. The number of benzene rings is 1. The van der Waals surface area contributed by atoms with Crippen molar-refractivity contribution < 1.29 is 5.11 Å². The van der Waals surface area contributed by atoms with Gasteiger partial charge in [-0.3, -0.25) is 0 Å². The van der Waals surface area contributed by atoms with Crippen molar-refractivity contribution in [1.82, 2.24) is 4.98 Å². The maximum atomic E-state index is 9.29. The number of hydrogen-bond acceptors (Lipinski definition) is 3. The van der Waals surface area contributed by atoms with E-state index in [4.69, 9.17) is 23.2 Å². The zero-order valence-corrected chi connectivity index (χ0v) is 10.3. The molecule has 0 bridgehead atoms. The molecule has 0 spiro atoms. The van der Waals surface area contributed by atoms with Gasteiger partial charge in [0, 0.05) is 12.7 Å². The van der Waals surface area contributed by atoms with Crippen LogP contribution in [-0.2, 0) is 6.54 Å². The summed E-state index contributed by atoms with van der Waals surface area (Å²) in [6, 6.07) is 8.70. The van der Waals surface area contributed by atoms with Crippen LogP contribution in [0.3, 0.4) is 0 Å². The van der Waals surface area contributed by atoms with Crippen LogP contribution >= 0.6 is 23.2 Å². The number of aromatic nitrogens is 1. The van der Waals surface area contributed by atoms with E-state index in [1.807, 2.05) is 6.07 Å². The Balaban J connectivity index is 2.08. The molecule has 0 unspecified atom stereocenters. The molecule has 0 saturated carbocycles. The van der Waals surface area contributed by atoms with E-state index >= 15 is 0 Å². The van der Waals surface area contributed by atoms with Gasteiger partial charge in [0.25, 0.3) is 0 Å². The van der Waals surface area contributed by atoms with E-state index in [1.54, 1.807) is 30.5 Å². The topological polar surface area (TPSA) is 45.1 Å². The minimum absolute atomic E-state index is 0.0785. The molecule has 0 aliphatic carbocycles. The maximum absolute atomic E-state index is 9.29. The van der Waals surface area contributed by atoms with Crippen molar-refractivity contribution in [2.75, 3.05) is 5.32 Å². The van der Waals surface area contributed by atoms with Gasteiger partial charge in [0.15, 0.2) is 5.15 Å². The molecule has 5 heteroatoms. The molecule has 1 aromatic heterocycles. The summed E-state index contributed by atoms with van der Waals surface area (Å²) >= 11 is 11.7. The largest absolute Gasteiger partial charge is 0.506 e. The summed E-state index contributed by atoms with van der Waals surface area (Å²) in [7, 11) is 0. The first kappa shape index (κ1) is 12.0. The quantitative estimate of drug-likeness (QED) is 0.835. The van der Waals surface area contributed by atoms with Crippen molar-refractivity contribution in [2.24, 2.45) is 0 Å². The molecule has 2 rings (SSSR count). The first-order chi connectivity index (χ1) is 8.16. The highest BCUT2D eigenvalue weighted by atomic mass is 35.5. The zero-order chi connectivity index (χ0) is 12.3. The Kier molecular flexibility index (Phi) is 3.71. The first-order valence-electron chi connectivity index (χ1n) is 4.98. The van der Waals surface area contributed by atoms with E-state index in [9.17, 15) is 5.11 Å². The molecule has 3 nitrogen and oxygen atoms in total. The van der Waals surface area contributed by atoms with Crippen LogP contribution in [0, 0.1) is 0 Å². The third-order valence-corrected chi connectivity index (χ3v) is 2.86. The standard InChI is InChI=1S/C12H10Cl2N2O/c13-9-6-8(3-4-11(9)17)7-16-10-2-1-5-15-12(10)14/h1-6,16-17H,7H2. The van der Waals surface area contributed by atoms with Crippen LogP contribution in [0.25, 0.3) is 0 Å². The fraction of sp³-hybridized carbons (Fsp3) is 0.0833. The predicted octanol–water partition coefficient (Wildman–Crippen LogP) is 3.71. The number of rotatable bonds is 3. The number of phenols is 1. The van der Waals surface area contributed by atoms with Crippen molar-refractivity contribution in [2.45, 2.75) is 6.54 Å². The van der Waals surface area contributed by atoms with E-state index < -0.39 is 0 Å². The molecule has 0 saturated heterocycles. The Bertz CT molecular complexity index is 532. The van der Waals surface area contributed by atoms with Crippen molar-refractivity contribution >= 4 is 28.9 Å². The van der Waals surface area contributed by atoms with Gasteiger partial charge in [0.2, 0.25) is 0 Å². The summed E-state index contributed by atoms with van der Waals surface area (Å²) in [4.78, 5) is 3.96. The lowest BCUT2D eigenvalue weighted by molar-refractivity contribution is 0.475.